The van der Waals surface area contributed by atoms with E-state index in [0.29, 0.717) is 11.8 Å². The van der Waals surface area contributed by atoms with Crippen LogP contribution in [-0.2, 0) is 16.0 Å². The van der Waals surface area contributed by atoms with Crippen LogP contribution < -0.4 is 0 Å². The van der Waals surface area contributed by atoms with Gasteiger partial charge in [0.25, 0.3) is 0 Å². The van der Waals surface area contributed by atoms with Crippen molar-refractivity contribution in [3.63, 3.8) is 0 Å². The van der Waals surface area contributed by atoms with Gasteiger partial charge in [-0.2, -0.15) is 0 Å². The lowest BCUT2D eigenvalue weighted by Crippen LogP contribution is -2.16. The lowest BCUT2D eigenvalue weighted by atomic mass is 9.90. The molecule has 0 aromatic heterocycles. The monoisotopic (exact) mass is 188 g/mol. The number of allylic oxidation sites excluding steroid dienone is 1. The number of carbonyl (C=O) groups excluding carboxylic acids is 2. The van der Waals surface area contributed by atoms with Gasteiger partial charge in [0.1, 0.15) is 11.3 Å². The Labute approximate surface area is 80.7 Å². The molecule has 0 saturated carbocycles. The molecule has 0 atom stereocenters. The highest BCUT2D eigenvalue weighted by atomic mass is 16.3. The second-order valence-electron chi connectivity index (χ2n) is 3.14. The molecule has 0 bridgehead atoms. The zero-order chi connectivity index (χ0) is 10.1. The summed E-state index contributed by atoms with van der Waals surface area (Å²) in [6.45, 7) is 0. The second-order valence-corrected chi connectivity index (χ2v) is 3.14. The van der Waals surface area contributed by atoms with Gasteiger partial charge in [0.05, 0.1) is 0 Å². The summed E-state index contributed by atoms with van der Waals surface area (Å²) >= 11 is 0. The fourth-order valence-electron chi connectivity index (χ4n) is 1.57. The Hall–Kier alpha value is -1.90. The van der Waals surface area contributed by atoms with Gasteiger partial charge in [-0.25, -0.2) is 0 Å². The molecule has 0 saturated heterocycles. The number of fused-ring (bicyclic) bond motifs is 1. The molecule has 1 aliphatic rings. The van der Waals surface area contributed by atoms with E-state index in [0.717, 1.165) is 5.56 Å². The highest BCUT2D eigenvalue weighted by Gasteiger charge is 2.24. The second kappa shape index (κ2) is 3.10. The third kappa shape index (κ3) is 1.14. The minimum absolute atomic E-state index is 0.122. The number of ketones is 1. The molecular formula is C11H8O3. The van der Waals surface area contributed by atoms with Crippen molar-refractivity contribution in [1.29, 1.82) is 0 Å². The first-order chi connectivity index (χ1) is 6.74. The van der Waals surface area contributed by atoms with Gasteiger partial charge >= 0.3 is 0 Å². The molecule has 1 N–H and O–H groups in total. The van der Waals surface area contributed by atoms with Gasteiger partial charge in [0.2, 0.25) is 0 Å². The Morgan fingerprint density at radius 1 is 1.29 bits per heavy atom. The number of hydrogen-bond donors (Lipinski definition) is 1. The van der Waals surface area contributed by atoms with Crippen molar-refractivity contribution in [3.8, 4) is 0 Å². The predicted octanol–water partition coefficient (Wildman–Crippen LogP) is 1.28. The Kier molecular flexibility index (Phi) is 1.93. The third-order valence-electron chi connectivity index (χ3n) is 2.30. The highest BCUT2D eigenvalue weighted by molar-refractivity contribution is 6.19. The SMILES string of the molecule is O=CC1=C(O)c2ccccc2CC1=O. The van der Waals surface area contributed by atoms with Gasteiger partial charge in [-0.15, -0.1) is 0 Å². The molecule has 0 fully saturated rings. The van der Waals surface area contributed by atoms with Crippen LogP contribution in [0, 0.1) is 0 Å². The quantitative estimate of drug-likeness (QED) is 0.533. The van der Waals surface area contributed by atoms with Crippen LogP contribution in [0.4, 0.5) is 0 Å². The number of carbonyl (C=O) groups is 2. The number of aldehydes is 1. The lowest BCUT2D eigenvalue weighted by Gasteiger charge is -2.14. The van der Waals surface area contributed by atoms with Gasteiger partial charge in [-0.3, -0.25) is 9.59 Å². The first kappa shape index (κ1) is 8.69. The van der Waals surface area contributed by atoms with Crippen LogP contribution >= 0.6 is 0 Å². The van der Waals surface area contributed by atoms with Crippen LogP contribution in [0.3, 0.4) is 0 Å². The number of aliphatic hydroxyl groups excluding tert-OH is 1. The molecule has 1 aromatic rings. The van der Waals surface area contributed by atoms with Crippen molar-refractivity contribution in [2.75, 3.05) is 0 Å². The topological polar surface area (TPSA) is 54.4 Å². The van der Waals surface area contributed by atoms with E-state index in [4.69, 9.17) is 0 Å². The summed E-state index contributed by atoms with van der Waals surface area (Å²) in [5.41, 5.74) is 1.22. The molecule has 0 heterocycles. The molecular weight excluding hydrogens is 180 g/mol. The zero-order valence-corrected chi connectivity index (χ0v) is 7.36. The number of benzene rings is 1. The smallest absolute Gasteiger partial charge is 0.174 e. The molecule has 1 aliphatic carbocycles. The van der Waals surface area contributed by atoms with Crippen molar-refractivity contribution in [3.05, 3.63) is 41.0 Å². The molecule has 0 amide bonds. The van der Waals surface area contributed by atoms with E-state index in [1.54, 1.807) is 24.3 Å². The largest absolute Gasteiger partial charge is 0.506 e. The van der Waals surface area contributed by atoms with E-state index in [1.807, 2.05) is 0 Å². The molecule has 3 nitrogen and oxygen atoms in total. The van der Waals surface area contributed by atoms with Crippen LogP contribution in [0.2, 0.25) is 0 Å². The summed E-state index contributed by atoms with van der Waals surface area (Å²) in [6, 6.07) is 7.02. The molecule has 0 unspecified atom stereocenters. The van der Waals surface area contributed by atoms with Gasteiger partial charge in [-0.1, -0.05) is 24.3 Å². The summed E-state index contributed by atoms with van der Waals surface area (Å²) in [6.07, 6.45) is 0.599. The fourth-order valence-corrected chi connectivity index (χ4v) is 1.57. The van der Waals surface area contributed by atoms with Crippen molar-refractivity contribution in [2.45, 2.75) is 6.42 Å². The van der Waals surface area contributed by atoms with Crippen molar-refractivity contribution < 1.29 is 14.7 Å². The summed E-state index contributed by atoms with van der Waals surface area (Å²) in [5.74, 6) is -0.525. The normalized spacial score (nSPS) is 15.3. The maximum Gasteiger partial charge on any atom is 0.174 e. The minimum Gasteiger partial charge on any atom is -0.506 e. The van der Waals surface area contributed by atoms with E-state index in [1.165, 1.54) is 0 Å². The first-order valence-electron chi connectivity index (χ1n) is 4.24. The van der Waals surface area contributed by atoms with E-state index < -0.39 is 0 Å². The summed E-state index contributed by atoms with van der Waals surface area (Å²) < 4.78 is 0. The van der Waals surface area contributed by atoms with E-state index >= 15 is 0 Å². The zero-order valence-electron chi connectivity index (χ0n) is 7.36. The summed E-state index contributed by atoms with van der Waals surface area (Å²) in [4.78, 5) is 21.9. The third-order valence-corrected chi connectivity index (χ3v) is 2.30. The lowest BCUT2D eigenvalue weighted by molar-refractivity contribution is -0.117. The Bertz CT molecular complexity index is 444. The number of Topliss-reactive ketones (excluding diaryl/α,β-unsaturated/α-hetero) is 1. The van der Waals surface area contributed by atoms with Crippen LogP contribution in [0.15, 0.2) is 29.8 Å². The Morgan fingerprint density at radius 2 is 2.00 bits per heavy atom. The number of rotatable bonds is 1. The molecule has 0 aliphatic heterocycles. The van der Waals surface area contributed by atoms with Crippen LogP contribution in [0.5, 0.6) is 0 Å². The van der Waals surface area contributed by atoms with Crippen LogP contribution in [0.25, 0.3) is 5.76 Å². The van der Waals surface area contributed by atoms with Crippen LogP contribution in [0.1, 0.15) is 11.1 Å². The molecule has 2 rings (SSSR count). The standard InChI is InChI=1S/C11H8O3/c12-6-9-10(13)5-7-3-1-2-4-8(7)11(9)14/h1-4,6,14H,5H2. The number of aliphatic hydroxyl groups is 1. The molecule has 70 valence electrons. The minimum atomic E-state index is -0.323. The summed E-state index contributed by atoms with van der Waals surface area (Å²) in [7, 11) is 0. The maximum absolute atomic E-state index is 11.3. The van der Waals surface area contributed by atoms with Gasteiger partial charge < -0.3 is 5.11 Å². The van der Waals surface area contributed by atoms with Crippen LogP contribution in [-0.4, -0.2) is 17.2 Å². The fraction of sp³-hybridized carbons (Fsp3) is 0.0909. The van der Waals surface area contributed by atoms with Gasteiger partial charge in [-0.05, 0) is 5.56 Å². The average Bonchev–Trinajstić information content (AvgIpc) is 2.18. The molecule has 14 heavy (non-hydrogen) atoms. The van der Waals surface area contributed by atoms with Crippen molar-refractivity contribution in [1.82, 2.24) is 0 Å². The molecule has 1 aromatic carbocycles. The maximum atomic E-state index is 11.3. The Morgan fingerprint density at radius 3 is 2.71 bits per heavy atom. The molecule has 0 radical (unpaired) electrons. The summed E-state index contributed by atoms with van der Waals surface area (Å²) in [5, 5.41) is 9.62. The highest BCUT2D eigenvalue weighted by Crippen LogP contribution is 2.26. The predicted molar refractivity (Wildman–Crippen MR) is 50.8 cm³/mol. The van der Waals surface area contributed by atoms with E-state index in [-0.39, 0.29) is 23.5 Å². The van der Waals surface area contributed by atoms with Crippen molar-refractivity contribution in [2.24, 2.45) is 0 Å². The first-order valence-corrected chi connectivity index (χ1v) is 4.24. The average molecular weight is 188 g/mol. The molecule has 0 spiro atoms. The Balaban J connectivity index is 2.67. The van der Waals surface area contributed by atoms with E-state index in [9.17, 15) is 14.7 Å². The van der Waals surface area contributed by atoms with E-state index in [2.05, 4.69) is 0 Å². The van der Waals surface area contributed by atoms with Gasteiger partial charge in [0, 0.05) is 12.0 Å². The molecule has 3 heteroatoms. The van der Waals surface area contributed by atoms with Gasteiger partial charge in [0.15, 0.2) is 12.1 Å². The van der Waals surface area contributed by atoms with Crippen molar-refractivity contribution >= 4 is 17.8 Å². The number of hydrogen-bond acceptors (Lipinski definition) is 3.